The number of carbonyl (C=O) groups is 1. The molecule has 17 heavy (non-hydrogen) atoms. The Kier molecular flexibility index (Phi) is 5.69. The summed E-state index contributed by atoms with van der Waals surface area (Å²) in [7, 11) is 0. The fraction of sp³-hybridized carbons (Fsp3) is 0.500. The summed E-state index contributed by atoms with van der Waals surface area (Å²) in [6, 6.07) is 5.98. The van der Waals surface area contributed by atoms with Crippen LogP contribution in [0.25, 0.3) is 0 Å². The van der Waals surface area contributed by atoms with Crippen LogP contribution >= 0.6 is 15.9 Å². The molecule has 0 aromatic heterocycles. The first kappa shape index (κ1) is 14.2. The van der Waals surface area contributed by atoms with E-state index in [1.165, 1.54) is 5.56 Å². The molecule has 0 saturated heterocycles. The van der Waals surface area contributed by atoms with Gasteiger partial charge in [-0.2, -0.15) is 0 Å². The predicted molar refractivity (Wildman–Crippen MR) is 76.2 cm³/mol. The summed E-state index contributed by atoms with van der Waals surface area (Å²) in [5.41, 5.74) is 2.10. The van der Waals surface area contributed by atoms with Gasteiger partial charge in [0.25, 0.3) is 0 Å². The fourth-order valence-electron chi connectivity index (χ4n) is 1.87. The molecule has 0 radical (unpaired) electrons. The summed E-state index contributed by atoms with van der Waals surface area (Å²) in [5, 5.41) is 3.03. The maximum atomic E-state index is 12.0. The molecule has 1 N–H and O–H groups in total. The summed E-state index contributed by atoms with van der Waals surface area (Å²) in [6.45, 7) is 6.20. The summed E-state index contributed by atoms with van der Waals surface area (Å²) in [6.07, 6.45) is 2.69. The normalized spacial score (nSPS) is 10.6. The molecule has 0 unspecified atom stereocenters. The first-order valence-corrected chi connectivity index (χ1v) is 7.00. The zero-order valence-electron chi connectivity index (χ0n) is 10.7. The first-order valence-electron chi connectivity index (χ1n) is 6.21. The molecule has 0 spiro atoms. The molecule has 1 amide bonds. The van der Waals surface area contributed by atoms with Crippen LogP contribution in [0.1, 0.15) is 39.2 Å². The number of halogens is 1. The Labute approximate surface area is 112 Å². The van der Waals surface area contributed by atoms with Crippen LogP contribution in [-0.2, 0) is 11.2 Å². The van der Waals surface area contributed by atoms with Crippen LogP contribution in [0.15, 0.2) is 22.7 Å². The van der Waals surface area contributed by atoms with E-state index in [4.69, 9.17) is 0 Å². The van der Waals surface area contributed by atoms with Crippen molar-refractivity contribution in [1.82, 2.24) is 0 Å². The number of nitrogens with one attached hydrogen (secondary N) is 1. The van der Waals surface area contributed by atoms with Crippen molar-refractivity contribution in [3.8, 4) is 0 Å². The molecule has 1 rings (SSSR count). The van der Waals surface area contributed by atoms with Gasteiger partial charge in [0.1, 0.15) is 0 Å². The third-order valence-electron chi connectivity index (χ3n) is 3.06. The van der Waals surface area contributed by atoms with E-state index in [9.17, 15) is 4.79 Å². The molecule has 0 aliphatic carbocycles. The van der Waals surface area contributed by atoms with Crippen molar-refractivity contribution < 1.29 is 4.79 Å². The van der Waals surface area contributed by atoms with E-state index in [1.807, 2.05) is 12.1 Å². The third-order valence-corrected chi connectivity index (χ3v) is 3.56. The summed E-state index contributed by atoms with van der Waals surface area (Å²) < 4.78 is 1.05. The summed E-state index contributed by atoms with van der Waals surface area (Å²) in [4.78, 5) is 12.0. The Balaban J connectivity index is 2.84. The average Bonchev–Trinajstić information content (AvgIpc) is 2.33. The van der Waals surface area contributed by atoms with Crippen LogP contribution in [0.3, 0.4) is 0 Å². The molecule has 0 atom stereocenters. The van der Waals surface area contributed by atoms with E-state index in [0.29, 0.717) is 0 Å². The molecule has 0 saturated carbocycles. The highest BCUT2D eigenvalue weighted by molar-refractivity contribution is 9.10. The van der Waals surface area contributed by atoms with Gasteiger partial charge in [-0.25, -0.2) is 0 Å². The number of hydrogen-bond acceptors (Lipinski definition) is 1. The van der Waals surface area contributed by atoms with Gasteiger partial charge in [-0.3, -0.25) is 4.79 Å². The zero-order chi connectivity index (χ0) is 12.8. The number of aryl methyl sites for hydroxylation is 1. The number of rotatable bonds is 5. The lowest BCUT2D eigenvalue weighted by Gasteiger charge is -2.15. The molecular formula is C14H20BrNO. The van der Waals surface area contributed by atoms with Gasteiger partial charge in [0.2, 0.25) is 5.91 Å². The molecule has 1 aromatic rings. The quantitative estimate of drug-likeness (QED) is 0.858. The van der Waals surface area contributed by atoms with Crippen molar-refractivity contribution in [2.75, 3.05) is 5.32 Å². The number of carbonyl (C=O) groups excluding carboxylic acids is 1. The Morgan fingerprint density at radius 1 is 1.29 bits per heavy atom. The molecule has 94 valence electrons. The smallest absolute Gasteiger partial charge is 0.227 e. The Morgan fingerprint density at radius 2 is 1.94 bits per heavy atom. The van der Waals surface area contributed by atoms with Gasteiger partial charge >= 0.3 is 0 Å². The van der Waals surface area contributed by atoms with Gasteiger partial charge in [-0.05, 0) is 43.0 Å². The molecule has 3 heteroatoms. The van der Waals surface area contributed by atoms with Gasteiger partial charge in [-0.1, -0.05) is 36.7 Å². The van der Waals surface area contributed by atoms with Crippen molar-refractivity contribution >= 4 is 27.5 Å². The van der Waals surface area contributed by atoms with Gasteiger partial charge in [0.15, 0.2) is 0 Å². The number of anilines is 1. The number of amides is 1. The van der Waals surface area contributed by atoms with Gasteiger partial charge in [0, 0.05) is 16.1 Å². The van der Waals surface area contributed by atoms with Crippen LogP contribution in [0.4, 0.5) is 5.69 Å². The standard InChI is InChI=1S/C14H20BrNO/c1-4-10(5-2)14(17)16-13-8-7-12(15)9-11(13)6-3/h7-10H,4-6H2,1-3H3,(H,16,17). The second-order valence-corrected chi connectivity index (χ2v) is 5.07. The molecule has 0 bridgehead atoms. The minimum Gasteiger partial charge on any atom is -0.326 e. The molecule has 2 nitrogen and oxygen atoms in total. The molecule has 0 aliphatic rings. The van der Waals surface area contributed by atoms with Gasteiger partial charge in [0.05, 0.1) is 0 Å². The Bertz CT molecular complexity index is 386. The molecular weight excluding hydrogens is 278 g/mol. The van der Waals surface area contributed by atoms with Crippen LogP contribution in [0.2, 0.25) is 0 Å². The van der Waals surface area contributed by atoms with Crippen molar-refractivity contribution in [2.45, 2.75) is 40.0 Å². The largest absolute Gasteiger partial charge is 0.326 e. The van der Waals surface area contributed by atoms with Crippen LogP contribution in [-0.4, -0.2) is 5.91 Å². The van der Waals surface area contributed by atoms with Gasteiger partial charge < -0.3 is 5.32 Å². The molecule has 1 aromatic carbocycles. The lowest BCUT2D eigenvalue weighted by atomic mass is 10.0. The minimum atomic E-state index is 0.114. The van der Waals surface area contributed by atoms with E-state index >= 15 is 0 Å². The van der Waals surface area contributed by atoms with Crippen molar-refractivity contribution in [3.05, 3.63) is 28.2 Å². The predicted octanol–water partition coefficient (Wildman–Crippen LogP) is 4.39. The minimum absolute atomic E-state index is 0.114. The van der Waals surface area contributed by atoms with Crippen molar-refractivity contribution in [3.63, 3.8) is 0 Å². The fourth-order valence-corrected chi connectivity index (χ4v) is 2.28. The highest BCUT2D eigenvalue weighted by atomic mass is 79.9. The Hall–Kier alpha value is -0.830. The summed E-state index contributed by atoms with van der Waals surface area (Å²) in [5.74, 6) is 0.246. The first-order chi connectivity index (χ1) is 8.12. The van der Waals surface area contributed by atoms with E-state index in [0.717, 1.165) is 29.4 Å². The van der Waals surface area contributed by atoms with Crippen molar-refractivity contribution in [2.24, 2.45) is 5.92 Å². The Morgan fingerprint density at radius 3 is 2.47 bits per heavy atom. The second-order valence-electron chi connectivity index (χ2n) is 4.16. The number of hydrogen-bond donors (Lipinski definition) is 1. The number of benzene rings is 1. The van der Waals surface area contributed by atoms with E-state index < -0.39 is 0 Å². The van der Waals surface area contributed by atoms with E-state index in [2.05, 4.69) is 48.1 Å². The lowest BCUT2D eigenvalue weighted by molar-refractivity contribution is -0.120. The van der Waals surface area contributed by atoms with E-state index in [1.54, 1.807) is 0 Å². The van der Waals surface area contributed by atoms with Crippen LogP contribution in [0, 0.1) is 5.92 Å². The van der Waals surface area contributed by atoms with Crippen molar-refractivity contribution in [1.29, 1.82) is 0 Å². The third kappa shape index (κ3) is 3.84. The molecule has 0 aliphatic heterocycles. The maximum absolute atomic E-state index is 12.0. The summed E-state index contributed by atoms with van der Waals surface area (Å²) >= 11 is 3.45. The van der Waals surface area contributed by atoms with Gasteiger partial charge in [-0.15, -0.1) is 0 Å². The SMILES string of the molecule is CCc1cc(Br)ccc1NC(=O)C(CC)CC. The highest BCUT2D eigenvalue weighted by Crippen LogP contribution is 2.22. The second kappa shape index (κ2) is 6.80. The zero-order valence-corrected chi connectivity index (χ0v) is 12.3. The average molecular weight is 298 g/mol. The monoisotopic (exact) mass is 297 g/mol. The lowest BCUT2D eigenvalue weighted by Crippen LogP contribution is -2.22. The van der Waals surface area contributed by atoms with Crippen LogP contribution < -0.4 is 5.32 Å². The maximum Gasteiger partial charge on any atom is 0.227 e. The highest BCUT2D eigenvalue weighted by Gasteiger charge is 2.15. The van der Waals surface area contributed by atoms with E-state index in [-0.39, 0.29) is 11.8 Å². The molecule has 0 heterocycles. The topological polar surface area (TPSA) is 29.1 Å². The van der Waals surface area contributed by atoms with Crippen LogP contribution in [0.5, 0.6) is 0 Å². The molecule has 0 fully saturated rings.